The molecule has 0 saturated heterocycles. The average Bonchev–Trinajstić information content (AvgIpc) is 1.65. The van der Waals surface area contributed by atoms with E-state index in [2.05, 4.69) is 83.6 Å². The Labute approximate surface area is 802 Å². The molecule has 16 aliphatic carbocycles. The van der Waals surface area contributed by atoms with Crippen molar-refractivity contribution in [2.75, 3.05) is 54.9 Å². The summed E-state index contributed by atoms with van der Waals surface area (Å²) in [4.78, 5) is 72.4. The van der Waals surface area contributed by atoms with Crippen LogP contribution in [0.3, 0.4) is 0 Å². The molecule has 16 saturated carbocycles. The van der Waals surface area contributed by atoms with E-state index >= 15 is 0 Å². The maximum Gasteiger partial charge on any atom is 0.159 e. The van der Waals surface area contributed by atoms with Crippen molar-refractivity contribution in [3.63, 3.8) is 0 Å². The van der Waals surface area contributed by atoms with E-state index < -0.39 is 22.4 Å². The van der Waals surface area contributed by atoms with E-state index in [-0.39, 0.29) is 51.9 Å². The van der Waals surface area contributed by atoms with Crippen molar-refractivity contribution in [2.24, 2.45) is 164 Å². The number of hydrogen-bond donors (Lipinski definition) is 4. The van der Waals surface area contributed by atoms with Crippen LogP contribution in [0.4, 0.5) is 0 Å². The molecule has 16 aliphatic rings. The molecule has 0 aliphatic heterocycles. The molecule has 4 N–H and O–H groups in total. The summed E-state index contributed by atoms with van der Waals surface area (Å²) in [6.07, 6.45) is 55.8. The molecule has 0 amide bonds. The predicted molar refractivity (Wildman–Crippen MR) is 513 cm³/mol. The van der Waals surface area contributed by atoms with Crippen molar-refractivity contribution in [3.8, 4) is 0 Å². The molecule has 136 heavy (non-hydrogen) atoms. The van der Waals surface area contributed by atoms with Crippen LogP contribution in [-0.2, 0) is 64.3 Å². The summed E-state index contributed by atoms with van der Waals surface area (Å²) in [5, 5.41) is 75.4. The summed E-state index contributed by atoms with van der Waals surface area (Å²) in [5.41, 5.74) is 3.59. The van der Waals surface area contributed by atoms with Gasteiger partial charge in [-0.3, -0.25) is 43.8 Å². The highest BCUT2D eigenvalue weighted by molar-refractivity contribution is 5.86. The maximum atomic E-state index is 13.6. The van der Waals surface area contributed by atoms with Gasteiger partial charge in [-0.05, 0) is 395 Å². The summed E-state index contributed by atoms with van der Waals surface area (Å²) in [5.74, 6) is 16.0. The number of nitrogens with zero attached hydrogens (tertiary/aromatic N) is 15. The van der Waals surface area contributed by atoms with Crippen molar-refractivity contribution in [1.82, 2.24) is 74.7 Å². The number of aromatic nitrogens is 15. The quantitative estimate of drug-likeness (QED) is 0.0550. The van der Waals surface area contributed by atoms with Crippen molar-refractivity contribution in [2.45, 2.75) is 307 Å². The molecule has 27 nitrogen and oxygen atoms in total. The van der Waals surface area contributed by atoms with Gasteiger partial charge in [0.05, 0.1) is 85.7 Å². The Hall–Kier alpha value is -7.37. The number of methoxy groups -OCH3 is 4. The fraction of sp³-hybridized carbons (Fsp3) is 0.771. The van der Waals surface area contributed by atoms with Crippen LogP contribution in [0.2, 0.25) is 0 Å². The minimum absolute atomic E-state index is 0.102. The number of aliphatic hydroxyl groups is 4. The Bertz CT molecular complexity index is 5210. The topological polar surface area (TPSA) is 348 Å². The normalized spacial score (nSPS) is 41.6. The number of ether oxygens (including phenoxy) is 4. The minimum Gasteiger partial charge on any atom is -0.387 e. The molecular formula is C109H153N15O12. The number of carbonyl (C=O) groups is 4. The van der Waals surface area contributed by atoms with Gasteiger partial charge in [-0.25, -0.2) is 9.36 Å². The second-order valence-corrected chi connectivity index (χ2v) is 48.5. The van der Waals surface area contributed by atoms with Crippen LogP contribution < -0.4 is 0 Å². The van der Waals surface area contributed by atoms with Gasteiger partial charge in [0, 0.05) is 88.5 Å². The average molecular weight is 1870 g/mol. The Kier molecular flexibility index (Phi) is 26.4. The molecule has 736 valence electrons. The summed E-state index contributed by atoms with van der Waals surface area (Å²) < 4.78 is 26.7. The van der Waals surface area contributed by atoms with Crippen molar-refractivity contribution in [1.29, 1.82) is 0 Å². The van der Waals surface area contributed by atoms with Gasteiger partial charge in [-0.1, -0.05) is 38.1 Å². The Balaban J connectivity index is 0.000000108. The third kappa shape index (κ3) is 17.4. The summed E-state index contributed by atoms with van der Waals surface area (Å²) in [6.45, 7) is 12.8. The molecule has 0 aromatic carbocycles. The zero-order valence-corrected chi connectivity index (χ0v) is 82.2. The molecule has 27 heteroatoms. The second kappa shape index (κ2) is 37.8. The number of fused-ring (bicyclic) bond motifs is 24. The smallest absolute Gasteiger partial charge is 0.159 e. The molecule has 8 aromatic heterocycles. The molecule has 16 fully saturated rings. The van der Waals surface area contributed by atoms with Crippen LogP contribution in [-0.4, -0.2) is 196 Å². The highest BCUT2D eigenvalue weighted by atomic mass is 16.5. The maximum absolute atomic E-state index is 13.6. The molecule has 0 bridgehead atoms. The van der Waals surface area contributed by atoms with Crippen LogP contribution >= 0.6 is 0 Å². The fourth-order valence-corrected chi connectivity index (χ4v) is 36.4. The predicted octanol–water partition coefficient (Wildman–Crippen LogP) is 16.8. The number of Topliss-reactive ketones (excluding diaryl/α,β-unsaturated/α-hetero) is 4. The summed E-state index contributed by atoms with van der Waals surface area (Å²) >= 11 is 0. The Morgan fingerprint density at radius 3 is 1.05 bits per heavy atom. The highest BCUT2D eigenvalue weighted by Crippen LogP contribution is 2.70. The lowest BCUT2D eigenvalue weighted by atomic mass is 9.49. The third-order valence-electron chi connectivity index (χ3n) is 42.1. The SMILES string of the molecule is COC[C@@]1(O)CC[C@H]2[C@@H](CC[C@@H]3[C@@H]2CC[C@]2(C)[C@@H](C(=O)Cn4cc5ccncc5n4)CC[C@@H]32)C1.COC[C@@]1(O)CC[C@H]2[C@@H](CC[C@@H]3[C@@H]2CC[C@]2(C)[C@@H](C(=O)Cn4nc5ccncc5n4)CC[C@@H]32)C1.COC[C@@]1(O)CC[C@H]2[C@@H](CC[C@@H]3[C@@H]2CC[C@]2(C)[C@@H](C(=O)Cn4nnc5ccncc54)CC[C@@H]32)C1.COC[C@@]1(O)CC[C@H]2[C@@H](CC[C@@H]3[C@@H]2CC[C@]2(C)[C@@H](C(=O)Cn4nnc5cnccc54)CC[C@@H]32)C1. The van der Waals surface area contributed by atoms with Crippen LogP contribution in [0.1, 0.15) is 259 Å². The zero-order valence-electron chi connectivity index (χ0n) is 82.2. The molecule has 32 atom stereocenters. The lowest BCUT2D eigenvalue weighted by molar-refractivity contribution is -0.137. The van der Waals surface area contributed by atoms with Gasteiger partial charge in [-0.15, -0.1) is 10.2 Å². The third-order valence-corrected chi connectivity index (χ3v) is 42.1. The number of pyridine rings is 4. The largest absolute Gasteiger partial charge is 0.387 e. The first kappa shape index (κ1) is 94.8. The van der Waals surface area contributed by atoms with Crippen LogP contribution in [0.5, 0.6) is 0 Å². The molecule has 8 heterocycles. The van der Waals surface area contributed by atoms with Crippen molar-refractivity contribution < 1.29 is 58.6 Å². The van der Waals surface area contributed by atoms with E-state index in [0.29, 0.717) is 117 Å². The summed E-state index contributed by atoms with van der Waals surface area (Å²) in [7, 11) is 6.79. The van der Waals surface area contributed by atoms with E-state index in [1.165, 1.54) is 109 Å². The number of carbonyl (C=O) groups excluding carboxylic acids is 4. The fourth-order valence-electron chi connectivity index (χ4n) is 36.4. The standard InChI is InChI=1S/C28H39N3O3.3C27H38N4O3/c1-27-10-7-21-20-8-11-28(33,17-34-2)13-18(20)3-4-22(21)23(27)5-6-24(27)26(32)16-31-15-19-9-12-29-14-25(19)30-31;1-26-10-7-19-18-8-11-27(33,16-34-2)13-17(18)3-4-20(19)21(26)5-6-22(26)25(32)15-31-24-9-12-28-14-23(24)29-30-31;1-26-10-7-19-18-8-11-27(33,16-34-2)13-17(18)3-4-20(19)21(26)5-6-22(26)25(32)15-31-24-14-28-12-9-23(24)29-30-31;1-26-10-7-19-18-8-11-27(33,16-34-2)13-17(18)3-4-20(19)21(26)5-6-22(26)25(32)15-31-29-23-9-12-28-14-24(23)30-31/h9,12,14-15,18,20-24,33H,3-8,10-11,13,16-17H2,1-2H3;3*9,12,14,17-22,33H,3-8,10-11,13,15-16H2,1-2H3/t18-,20-,21+,22+,23-,24+,27-,28+;3*17-,18-,19+,20+,21-,22+,26-,27+/m0000/s1. The lowest BCUT2D eigenvalue weighted by Gasteiger charge is -2.57. The molecule has 0 spiro atoms. The zero-order chi connectivity index (χ0) is 94.0. The van der Waals surface area contributed by atoms with Gasteiger partial charge >= 0.3 is 0 Å². The minimum atomic E-state index is -0.627. The van der Waals surface area contributed by atoms with Crippen molar-refractivity contribution in [3.05, 3.63) is 80.0 Å². The number of ketones is 4. The Morgan fingerprint density at radius 1 is 0.324 bits per heavy atom. The van der Waals surface area contributed by atoms with Gasteiger partial charge in [0.1, 0.15) is 52.7 Å². The highest BCUT2D eigenvalue weighted by Gasteiger charge is 2.65. The van der Waals surface area contributed by atoms with E-state index in [0.717, 1.165) is 237 Å². The molecule has 0 radical (unpaired) electrons. The first-order valence-corrected chi connectivity index (χ1v) is 53.3. The van der Waals surface area contributed by atoms with Gasteiger partial charge in [0.2, 0.25) is 0 Å². The number of hydrogen-bond acceptors (Lipinski definition) is 23. The van der Waals surface area contributed by atoms with Crippen LogP contribution in [0.25, 0.3) is 44.0 Å². The van der Waals surface area contributed by atoms with E-state index in [9.17, 15) is 39.6 Å². The lowest BCUT2D eigenvalue weighted by Crippen LogP contribution is -2.52. The van der Waals surface area contributed by atoms with Gasteiger partial charge < -0.3 is 39.4 Å². The van der Waals surface area contributed by atoms with Crippen molar-refractivity contribution >= 4 is 67.1 Å². The van der Waals surface area contributed by atoms with Gasteiger partial charge in [-0.2, -0.15) is 20.1 Å². The second-order valence-electron chi connectivity index (χ2n) is 48.5. The first-order valence-electron chi connectivity index (χ1n) is 53.3. The molecule has 0 unspecified atom stereocenters. The van der Waals surface area contributed by atoms with Gasteiger partial charge in [0.15, 0.2) is 23.1 Å². The Morgan fingerprint density at radius 2 is 0.654 bits per heavy atom. The van der Waals surface area contributed by atoms with Gasteiger partial charge in [0.25, 0.3) is 0 Å². The number of rotatable bonds is 20. The molecule has 8 aromatic rings. The monoisotopic (exact) mass is 1860 g/mol. The van der Waals surface area contributed by atoms with Crippen LogP contribution in [0.15, 0.2) is 80.0 Å². The first-order chi connectivity index (χ1) is 65.6. The van der Waals surface area contributed by atoms with E-state index in [1.807, 2.05) is 35.1 Å². The molecular weight excluding hydrogens is 1710 g/mol. The van der Waals surface area contributed by atoms with Crippen LogP contribution in [0, 0.1) is 164 Å². The van der Waals surface area contributed by atoms with E-state index in [1.54, 1.807) is 92.2 Å². The molecule has 24 rings (SSSR count). The summed E-state index contributed by atoms with van der Waals surface area (Å²) in [6, 6.07) is 7.53. The van der Waals surface area contributed by atoms with E-state index in [4.69, 9.17) is 18.9 Å².